The van der Waals surface area contributed by atoms with E-state index in [9.17, 15) is 22.1 Å². The molecule has 0 bridgehead atoms. The van der Waals surface area contributed by atoms with Crippen molar-refractivity contribution in [2.75, 3.05) is 24.9 Å². The van der Waals surface area contributed by atoms with Crippen LogP contribution in [0.4, 0.5) is 5.69 Å². The molecule has 0 spiro atoms. The molecule has 1 N–H and O–H groups in total. The van der Waals surface area contributed by atoms with Gasteiger partial charge >= 0.3 is 0 Å². The van der Waals surface area contributed by atoms with Gasteiger partial charge in [-0.25, -0.2) is 16.8 Å². The summed E-state index contributed by atoms with van der Waals surface area (Å²) in [7, 11) is -6.58. The topological polar surface area (TPSA) is 126 Å². The van der Waals surface area contributed by atoms with Crippen LogP contribution in [0.25, 0.3) is 0 Å². The molecule has 0 aliphatic heterocycles. The number of nitriles is 1. The number of methoxy groups -OCH3 is 1. The molecule has 0 fully saturated rings. The highest BCUT2D eigenvalue weighted by Crippen LogP contribution is 2.33. The van der Waals surface area contributed by atoms with E-state index >= 15 is 0 Å². The van der Waals surface area contributed by atoms with Gasteiger partial charge in [0.2, 0.25) is 10.0 Å². The number of benzene rings is 3. The molecule has 0 saturated heterocycles. The largest absolute Gasteiger partial charge is 0.495 e. The molecule has 12 heteroatoms. The van der Waals surface area contributed by atoms with Crippen molar-refractivity contribution in [3.63, 3.8) is 0 Å². The molecular formula is C24H24ClN3O6S2. The van der Waals surface area contributed by atoms with E-state index in [1.54, 1.807) is 32.0 Å². The number of hydrogen-bond acceptors (Lipinski definition) is 7. The zero-order valence-electron chi connectivity index (χ0n) is 19.7. The van der Waals surface area contributed by atoms with Crippen molar-refractivity contribution in [3.05, 3.63) is 71.2 Å². The fourth-order valence-electron chi connectivity index (χ4n) is 3.36. The first-order valence-corrected chi connectivity index (χ1v) is 14.0. The average molecular weight is 550 g/mol. The lowest BCUT2D eigenvalue weighted by molar-refractivity contribution is 0.416. The van der Waals surface area contributed by atoms with Gasteiger partial charge < -0.3 is 9.47 Å². The van der Waals surface area contributed by atoms with Crippen LogP contribution in [0.5, 0.6) is 17.2 Å². The van der Waals surface area contributed by atoms with Crippen molar-refractivity contribution in [1.29, 1.82) is 5.26 Å². The molecule has 3 aromatic carbocycles. The highest BCUT2D eigenvalue weighted by molar-refractivity contribution is 7.92. The Bertz CT molecular complexity index is 1500. The van der Waals surface area contributed by atoms with Crippen LogP contribution in [-0.4, -0.2) is 41.3 Å². The third-order valence-corrected chi connectivity index (χ3v) is 8.95. The second-order valence-corrected chi connectivity index (χ2v) is 11.4. The number of anilines is 1. The predicted molar refractivity (Wildman–Crippen MR) is 137 cm³/mol. The van der Waals surface area contributed by atoms with Crippen molar-refractivity contribution in [2.24, 2.45) is 0 Å². The van der Waals surface area contributed by atoms with Crippen molar-refractivity contribution >= 4 is 37.3 Å². The van der Waals surface area contributed by atoms with Crippen LogP contribution >= 0.6 is 11.6 Å². The lowest BCUT2D eigenvalue weighted by atomic mass is 10.2. The molecule has 0 amide bonds. The normalized spacial score (nSPS) is 11.7. The summed E-state index contributed by atoms with van der Waals surface area (Å²) in [4.78, 5) is -0.163. The van der Waals surface area contributed by atoms with E-state index < -0.39 is 20.0 Å². The number of halogens is 1. The fraction of sp³-hybridized carbons (Fsp3) is 0.208. The van der Waals surface area contributed by atoms with Crippen LogP contribution in [0.2, 0.25) is 5.02 Å². The van der Waals surface area contributed by atoms with E-state index in [4.69, 9.17) is 21.1 Å². The zero-order valence-corrected chi connectivity index (χ0v) is 22.1. The van der Waals surface area contributed by atoms with Crippen molar-refractivity contribution in [2.45, 2.75) is 23.6 Å². The molecule has 0 atom stereocenters. The van der Waals surface area contributed by atoms with Gasteiger partial charge in [-0.3, -0.25) is 4.72 Å². The molecule has 36 heavy (non-hydrogen) atoms. The quantitative estimate of drug-likeness (QED) is 0.383. The van der Waals surface area contributed by atoms with Gasteiger partial charge in [-0.2, -0.15) is 9.57 Å². The highest BCUT2D eigenvalue weighted by atomic mass is 35.5. The first kappa shape index (κ1) is 27.3. The predicted octanol–water partition coefficient (Wildman–Crippen LogP) is 4.84. The first-order valence-electron chi connectivity index (χ1n) is 10.7. The minimum Gasteiger partial charge on any atom is -0.495 e. The van der Waals surface area contributed by atoms with Crippen LogP contribution in [0.3, 0.4) is 0 Å². The molecule has 0 radical (unpaired) electrons. The minimum absolute atomic E-state index is 0.0244. The Morgan fingerprint density at radius 1 is 0.944 bits per heavy atom. The summed E-state index contributed by atoms with van der Waals surface area (Å²) >= 11 is 6.01. The standard InChI is InChI=1S/C24H24ClN3O6S2/c1-4-28(5-2)36(31,32)19-13-14-24(33-3)22(15-19)27-35(29,30)18-11-9-17(10-12-18)34-23-8-6-7-21(25)20(23)16-26/h6-15,27H,4-5H2,1-3H3. The van der Waals surface area contributed by atoms with Gasteiger partial charge in [0.05, 0.1) is 27.6 Å². The van der Waals surface area contributed by atoms with E-state index in [0.29, 0.717) is 0 Å². The lowest BCUT2D eigenvalue weighted by Gasteiger charge is -2.20. The van der Waals surface area contributed by atoms with E-state index in [2.05, 4.69) is 4.72 Å². The Hall–Kier alpha value is -3.30. The van der Waals surface area contributed by atoms with E-state index in [0.717, 1.165) is 0 Å². The molecule has 9 nitrogen and oxygen atoms in total. The molecule has 3 rings (SSSR count). The van der Waals surface area contributed by atoms with E-state index in [1.165, 1.54) is 53.9 Å². The number of ether oxygens (including phenoxy) is 2. The Balaban J connectivity index is 1.90. The maximum Gasteiger partial charge on any atom is 0.262 e. The molecule has 3 aromatic rings. The molecule has 0 heterocycles. The number of nitrogens with zero attached hydrogens (tertiary/aromatic N) is 2. The van der Waals surface area contributed by atoms with Crippen LogP contribution in [0, 0.1) is 11.3 Å². The summed E-state index contributed by atoms with van der Waals surface area (Å²) in [5, 5.41) is 9.52. The molecule has 190 valence electrons. The van der Waals surface area contributed by atoms with Crippen LogP contribution in [0.1, 0.15) is 19.4 Å². The van der Waals surface area contributed by atoms with E-state index in [-0.39, 0.29) is 56.4 Å². The molecule has 0 aliphatic rings. The van der Waals surface area contributed by atoms with Gasteiger partial charge in [-0.15, -0.1) is 0 Å². The minimum atomic E-state index is -4.12. The SMILES string of the molecule is CCN(CC)S(=O)(=O)c1ccc(OC)c(NS(=O)(=O)c2ccc(Oc3cccc(Cl)c3C#N)cc2)c1. The monoisotopic (exact) mass is 549 g/mol. The van der Waals surface area contributed by atoms with Crippen LogP contribution < -0.4 is 14.2 Å². The maximum atomic E-state index is 13.1. The summed E-state index contributed by atoms with van der Waals surface area (Å²) in [5.41, 5.74) is 0.132. The molecule has 0 saturated carbocycles. The van der Waals surface area contributed by atoms with E-state index in [1.807, 2.05) is 6.07 Å². The van der Waals surface area contributed by atoms with Gasteiger partial charge in [0.1, 0.15) is 28.9 Å². The molecule has 0 aromatic heterocycles. The summed E-state index contributed by atoms with van der Waals surface area (Å²) in [6.45, 7) is 3.97. The third kappa shape index (κ3) is 5.74. The van der Waals surface area contributed by atoms with Gasteiger partial charge in [-0.1, -0.05) is 31.5 Å². The smallest absolute Gasteiger partial charge is 0.262 e. The lowest BCUT2D eigenvalue weighted by Crippen LogP contribution is -2.30. The maximum absolute atomic E-state index is 13.1. The van der Waals surface area contributed by atoms with Crippen molar-refractivity contribution in [1.82, 2.24) is 4.31 Å². The van der Waals surface area contributed by atoms with Gasteiger partial charge in [0.15, 0.2) is 0 Å². The van der Waals surface area contributed by atoms with Gasteiger partial charge in [0.25, 0.3) is 10.0 Å². The van der Waals surface area contributed by atoms with Crippen LogP contribution in [-0.2, 0) is 20.0 Å². The number of sulfonamides is 2. The number of nitrogens with one attached hydrogen (secondary N) is 1. The van der Waals surface area contributed by atoms with Crippen molar-refractivity contribution in [3.8, 4) is 23.3 Å². The highest BCUT2D eigenvalue weighted by Gasteiger charge is 2.24. The van der Waals surface area contributed by atoms with Crippen LogP contribution in [0.15, 0.2) is 70.5 Å². The second kappa shape index (κ2) is 11.2. The molecule has 0 aliphatic carbocycles. The summed E-state index contributed by atoms with van der Waals surface area (Å²) in [5.74, 6) is 0.675. The summed E-state index contributed by atoms with van der Waals surface area (Å²) in [6.07, 6.45) is 0. The summed E-state index contributed by atoms with van der Waals surface area (Å²) in [6, 6.07) is 16.2. The molecule has 0 unspecified atom stereocenters. The number of hydrogen-bond donors (Lipinski definition) is 1. The average Bonchev–Trinajstić information content (AvgIpc) is 2.85. The Morgan fingerprint density at radius 2 is 1.58 bits per heavy atom. The number of rotatable bonds is 10. The zero-order chi connectivity index (χ0) is 26.5. The Morgan fingerprint density at radius 3 is 2.17 bits per heavy atom. The second-order valence-electron chi connectivity index (χ2n) is 7.36. The Labute approximate surface area is 215 Å². The molecular weight excluding hydrogens is 526 g/mol. The Kier molecular flexibility index (Phi) is 8.47. The fourth-order valence-corrected chi connectivity index (χ4v) is 6.11. The van der Waals surface area contributed by atoms with Gasteiger partial charge in [-0.05, 0) is 54.6 Å². The summed E-state index contributed by atoms with van der Waals surface area (Å²) < 4.78 is 66.5. The van der Waals surface area contributed by atoms with Crippen molar-refractivity contribution < 1.29 is 26.3 Å². The third-order valence-electron chi connectivity index (χ3n) is 5.21. The van der Waals surface area contributed by atoms with Gasteiger partial charge in [0, 0.05) is 13.1 Å². The first-order chi connectivity index (χ1) is 17.1.